The highest BCUT2D eigenvalue weighted by atomic mass is 32.1. The zero-order chi connectivity index (χ0) is 24.8. The summed E-state index contributed by atoms with van der Waals surface area (Å²) in [7, 11) is 2.07. The Balaban J connectivity index is 1.53. The van der Waals surface area contributed by atoms with E-state index in [-0.39, 0.29) is 5.84 Å². The predicted molar refractivity (Wildman–Crippen MR) is 157 cm³/mol. The lowest BCUT2D eigenvalue weighted by Gasteiger charge is -2.06. The van der Waals surface area contributed by atoms with Crippen molar-refractivity contribution in [3.8, 4) is 11.1 Å². The van der Waals surface area contributed by atoms with E-state index in [1.54, 1.807) is 11.3 Å². The van der Waals surface area contributed by atoms with Gasteiger partial charge in [0.15, 0.2) is 0 Å². The number of hydrogen-bond donors (Lipinski definition) is 2. The van der Waals surface area contributed by atoms with Crippen LogP contribution in [0.2, 0.25) is 0 Å². The Morgan fingerprint density at radius 3 is 2.43 bits per heavy atom. The van der Waals surface area contributed by atoms with Crippen molar-refractivity contribution >= 4 is 81.1 Å². The highest BCUT2D eigenvalue weighted by Gasteiger charge is 2.21. The third-order valence-electron chi connectivity index (χ3n) is 7.61. The SMILES string of the molecule is Cn1c2ccc(-c3cccc4c3oc3ccccc34)cc2c2c3c(cc(C(=N)N)c21)sc1ccccc13. The third kappa shape index (κ3) is 2.69. The summed E-state index contributed by atoms with van der Waals surface area (Å²) in [6.45, 7) is 0. The summed E-state index contributed by atoms with van der Waals surface area (Å²) < 4.78 is 10.9. The number of thiophene rings is 1. The molecule has 0 aliphatic carbocycles. The molecule has 37 heavy (non-hydrogen) atoms. The lowest BCUT2D eigenvalue weighted by molar-refractivity contribution is 0.670. The van der Waals surface area contributed by atoms with Crippen LogP contribution in [0.15, 0.2) is 95.4 Å². The van der Waals surface area contributed by atoms with E-state index in [1.165, 1.54) is 15.5 Å². The van der Waals surface area contributed by atoms with Gasteiger partial charge in [0.2, 0.25) is 0 Å². The number of benzene rings is 5. The van der Waals surface area contributed by atoms with E-state index in [4.69, 9.17) is 15.6 Å². The quantitative estimate of drug-likeness (QED) is 0.186. The molecule has 0 fully saturated rings. The molecule has 0 radical (unpaired) electrons. The molecule has 0 bridgehead atoms. The minimum atomic E-state index is 0.0857. The molecule has 5 aromatic carbocycles. The number of aromatic nitrogens is 1. The molecular formula is C32H21N3OS. The first-order valence-corrected chi connectivity index (χ1v) is 13.0. The van der Waals surface area contributed by atoms with Gasteiger partial charge < -0.3 is 14.7 Å². The van der Waals surface area contributed by atoms with Crippen LogP contribution in [0.5, 0.6) is 0 Å². The Kier molecular flexibility index (Phi) is 4.01. The van der Waals surface area contributed by atoms with Crippen molar-refractivity contribution in [3.63, 3.8) is 0 Å². The average Bonchev–Trinajstić information content (AvgIpc) is 3.57. The largest absolute Gasteiger partial charge is 0.455 e. The molecule has 0 aliphatic heterocycles. The fourth-order valence-corrected chi connectivity index (χ4v) is 7.14. The number of fused-ring (bicyclic) bond motifs is 10. The van der Waals surface area contributed by atoms with Gasteiger partial charge in [-0.2, -0.15) is 0 Å². The molecule has 0 atom stereocenters. The maximum Gasteiger partial charge on any atom is 0.143 e. The second-order valence-corrected chi connectivity index (χ2v) is 10.7. The fourth-order valence-electron chi connectivity index (χ4n) is 5.98. The summed E-state index contributed by atoms with van der Waals surface area (Å²) in [5.74, 6) is 0.0857. The van der Waals surface area contributed by atoms with E-state index in [1.807, 2.05) is 12.1 Å². The Morgan fingerprint density at radius 2 is 1.57 bits per heavy atom. The van der Waals surface area contributed by atoms with E-state index >= 15 is 0 Å². The van der Waals surface area contributed by atoms with Crippen LogP contribution in [0.3, 0.4) is 0 Å². The summed E-state index contributed by atoms with van der Waals surface area (Å²) >= 11 is 1.75. The van der Waals surface area contributed by atoms with Crippen LogP contribution in [0.1, 0.15) is 5.56 Å². The molecule has 0 aliphatic rings. The zero-order valence-corrected chi connectivity index (χ0v) is 20.8. The number of para-hydroxylation sites is 2. The Bertz CT molecular complexity index is 2250. The van der Waals surface area contributed by atoms with E-state index in [2.05, 4.69) is 90.5 Å². The number of amidine groups is 1. The van der Waals surface area contributed by atoms with Gasteiger partial charge in [-0.1, -0.05) is 60.7 Å². The number of hydrogen-bond acceptors (Lipinski definition) is 3. The fraction of sp³-hybridized carbons (Fsp3) is 0.0312. The highest BCUT2D eigenvalue weighted by Crippen LogP contribution is 2.45. The summed E-state index contributed by atoms with van der Waals surface area (Å²) in [5, 5.41) is 15.4. The van der Waals surface area contributed by atoms with Crippen LogP contribution in [0, 0.1) is 5.41 Å². The maximum absolute atomic E-state index is 8.37. The molecule has 176 valence electrons. The molecule has 8 aromatic rings. The predicted octanol–water partition coefficient (Wildman–Crippen LogP) is 8.55. The number of nitrogens with one attached hydrogen (secondary N) is 1. The third-order valence-corrected chi connectivity index (χ3v) is 8.73. The monoisotopic (exact) mass is 495 g/mol. The van der Waals surface area contributed by atoms with Crippen molar-refractivity contribution in [1.82, 2.24) is 4.57 Å². The first-order valence-electron chi connectivity index (χ1n) is 12.2. The molecule has 8 rings (SSSR count). The second kappa shape index (κ2) is 7.21. The lowest BCUT2D eigenvalue weighted by atomic mass is 9.98. The summed E-state index contributed by atoms with van der Waals surface area (Å²) in [6.07, 6.45) is 0. The Hall–Kier alpha value is -4.61. The molecule has 0 saturated carbocycles. The smallest absolute Gasteiger partial charge is 0.143 e. The molecule has 0 saturated heterocycles. The average molecular weight is 496 g/mol. The number of furan rings is 1. The summed E-state index contributed by atoms with van der Waals surface area (Å²) in [5.41, 5.74) is 13.0. The highest BCUT2D eigenvalue weighted by molar-refractivity contribution is 7.26. The summed E-state index contributed by atoms with van der Waals surface area (Å²) in [6, 6.07) is 31.8. The molecule has 0 amide bonds. The number of nitrogens with two attached hydrogens (primary N) is 1. The van der Waals surface area contributed by atoms with Crippen molar-refractivity contribution in [1.29, 1.82) is 5.41 Å². The second-order valence-electron chi connectivity index (χ2n) is 9.60. The van der Waals surface area contributed by atoms with Crippen molar-refractivity contribution < 1.29 is 4.42 Å². The van der Waals surface area contributed by atoms with E-state index in [9.17, 15) is 0 Å². The van der Waals surface area contributed by atoms with Crippen molar-refractivity contribution in [2.45, 2.75) is 0 Å². The van der Waals surface area contributed by atoms with Gasteiger partial charge in [-0.25, -0.2) is 0 Å². The van der Waals surface area contributed by atoms with E-state index < -0.39 is 0 Å². The summed E-state index contributed by atoms with van der Waals surface area (Å²) in [4.78, 5) is 0. The molecule has 3 heterocycles. The number of nitrogens with zero attached hydrogens (tertiary/aromatic N) is 1. The van der Waals surface area contributed by atoms with Crippen LogP contribution in [-0.2, 0) is 7.05 Å². The molecule has 0 spiro atoms. The molecule has 0 unspecified atom stereocenters. The van der Waals surface area contributed by atoms with Crippen LogP contribution >= 0.6 is 11.3 Å². The van der Waals surface area contributed by atoms with Gasteiger partial charge in [-0.3, -0.25) is 5.41 Å². The Labute approximate surface area is 215 Å². The molecule has 5 heteroatoms. The molecule has 4 nitrogen and oxygen atoms in total. The van der Waals surface area contributed by atoms with Gasteiger partial charge in [-0.15, -0.1) is 11.3 Å². The minimum Gasteiger partial charge on any atom is -0.455 e. The van der Waals surface area contributed by atoms with Crippen LogP contribution in [-0.4, -0.2) is 10.4 Å². The minimum absolute atomic E-state index is 0.0857. The Morgan fingerprint density at radius 1 is 0.784 bits per heavy atom. The normalized spacial score (nSPS) is 12.1. The van der Waals surface area contributed by atoms with E-state index in [0.29, 0.717) is 0 Å². The zero-order valence-electron chi connectivity index (χ0n) is 20.0. The van der Waals surface area contributed by atoms with Gasteiger partial charge in [0.05, 0.1) is 5.52 Å². The molecular weight excluding hydrogens is 474 g/mol. The van der Waals surface area contributed by atoms with Gasteiger partial charge >= 0.3 is 0 Å². The van der Waals surface area contributed by atoms with Crippen LogP contribution in [0.4, 0.5) is 0 Å². The van der Waals surface area contributed by atoms with Crippen molar-refractivity contribution in [2.75, 3.05) is 0 Å². The molecule has 3 N–H and O–H groups in total. The van der Waals surface area contributed by atoms with Gasteiger partial charge in [0.25, 0.3) is 0 Å². The number of nitrogen functional groups attached to an aromatic ring is 1. The van der Waals surface area contributed by atoms with Crippen LogP contribution in [0.25, 0.3) is 75.0 Å². The first kappa shape index (κ1) is 20.6. The number of rotatable bonds is 2. The maximum atomic E-state index is 8.37. The van der Waals surface area contributed by atoms with Gasteiger partial charge in [0.1, 0.15) is 17.0 Å². The molecule has 3 aromatic heterocycles. The van der Waals surface area contributed by atoms with Gasteiger partial charge in [0, 0.05) is 65.4 Å². The first-order chi connectivity index (χ1) is 18.1. The standard InChI is InChI=1S/C32H21N3OS/c1-35-24-14-13-17(18-9-6-10-20-19-7-2-4-11-25(19)36-31(18)20)15-22(24)29-28-21-8-3-5-12-26(21)37-27(28)16-23(30(29)35)32(33)34/h2-16H,1H3,(H3,33,34). The van der Waals surface area contributed by atoms with Gasteiger partial charge in [-0.05, 0) is 35.9 Å². The van der Waals surface area contributed by atoms with Crippen LogP contribution < -0.4 is 5.73 Å². The lowest BCUT2D eigenvalue weighted by Crippen LogP contribution is -2.12. The van der Waals surface area contributed by atoms with Crippen molar-refractivity contribution in [3.05, 3.63) is 96.6 Å². The van der Waals surface area contributed by atoms with E-state index in [0.717, 1.165) is 65.1 Å². The number of aryl methyl sites for hydroxylation is 1. The topological polar surface area (TPSA) is 67.9 Å². The van der Waals surface area contributed by atoms with Crippen molar-refractivity contribution in [2.24, 2.45) is 12.8 Å².